The molecular weight excluding hydrogens is 841 g/mol. The summed E-state index contributed by atoms with van der Waals surface area (Å²) in [6.45, 7) is 6.46. The summed E-state index contributed by atoms with van der Waals surface area (Å²) < 4.78 is 16.8. The van der Waals surface area contributed by atoms with Crippen LogP contribution in [0.2, 0.25) is 0 Å². The summed E-state index contributed by atoms with van der Waals surface area (Å²) in [6, 6.07) is 0. The van der Waals surface area contributed by atoms with Crippen molar-refractivity contribution in [2.75, 3.05) is 13.2 Å². The molecule has 6 heteroatoms. The molecule has 0 aliphatic rings. The predicted octanol–water partition coefficient (Wildman–Crippen LogP) is 19.2. The van der Waals surface area contributed by atoms with Gasteiger partial charge in [-0.05, 0) is 116 Å². The average molecular weight is 948 g/mol. The molecule has 0 bridgehead atoms. The topological polar surface area (TPSA) is 78.9 Å². The highest BCUT2D eigenvalue weighted by molar-refractivity contribution is 5.71. The van der Waals surface area contributed by atoms with Crippen LogP contribution in [0.3, 0.4) is 0 Å². The molecule has 0 aromatic heterocycles. The summed E-state index contributed by atoms with van der Waals surface area (Å²) in [4.78, 5) is 38.1. The fourth-order valence-electron chi connectivity index (χ4n) is 7.81. The van der Waals surface area contributed by atoms with Crippen LogP contribution < -0.4 is 0 Å². The van der Waals surface area contributed by atoms with Crippen molar-refractivity contribution >= 4 is 17.9 Å². The highest BCUT2D eigenvalue weighted by Gasteiger charge is 2.19. The summed E-state index contributed by atoms with van der Waals surface area (Å²) in [5.41, 5.74) is 0. The maximum atomic E-state index is 12.8. The number of rotatable bonds is 51. The minimum Gasteiger partial charge on any atom is -0.462 e. The van der Waals surface area contributed by atoms with Crippen LogP contribution in [0.15, 0.2) is 85.1 Å². The minimum absolute atomic E-state index is 0.0951. The molecule has 0 radical (unpaired) electrons. The molecule has 1 atom stereocenters. The molecule has 0 heterocycles. The third kappa shape index (κ3) is 53.5. The van der Waals surface area contributed by atoms with Gasteiger partial charge in [0, 0.05) is 19.3 Å². The molecule has 0 spiro atoms. The second-order valence-electron chi connectivity index (χ2n) is 18.8. The molecule has 0 fully saturated rings. The summed E-state index contributed by atoms with van der Waals surface area (Å²) in [6.07, 6.45) is 72.9. The summed E-state index contributed by atoms with van der Waals surface area (Å²) in [5.74, 6) is -0.946. The molecule has 68 heavy (non-hydrogen) atoms. The lowest BCUT2D eigenvalue weighted by Crippen LogP contribution is -2.30. The lowest BCUT2D eigenvalue weighted by atomic mass is 10.1. The summed E-state index contributed by atoms with van der Waals surface area (Å²) in [5, 5.41) is 0. The monoisotopic (exact) mass is 947 g/mol. The number of hydrogen-bond donors (Lipinski definition) is 0. The Labute approximate surface area is 420 Å². The largest absolute Gasteiger partial charge is 0.462 e. The Morgan fingerprint density at radius 1 is 0.309 bits per heavy atom. The molecule has 6 nitrogen and oxygen atoms in total. The van der Waals surface area contributed by atoms with Gasteiger partial charge in [0.05, 0.1) is 0 Å². The second kappa shape index (κ2) is 56.2. The Kier molecular flexibility index (Phi) is 53.4. The van der Waals surface area contributed by atoms with Gasteiger partial charge in [-0.1, -0.05) is 221 Å². The first kappa shape index (κ1) is 64.6. The fourth-order valence-corrected chi connectivity index (χ4v) is 7.81. The number of allylic oxidation sites excluding steroid dienone is 14. The Morgan fingerprint density at radius 3 is 0.971 bits per heavy atom. The molecule has 0 saturated heterocycles. The van der Waals surface area contributed by atoms with Gasteiger partial charge in [-0.3, -0.25) is 14.4 Å². The average Bonchev–Trinajstić information content (AvgIpc) is 3.34. The Balaban J connectivity index is 4.44. The van der Waals surface area contributed by atoms with E-state index in [0.717, 1.165) is 103 Å². The van der Waals surface area contributed by atoms with Crippen LogP contribution >= 0.6 is 0 Å². The highest BCUT2D eigenvalue weighted by atomic mass is 16.6. The molecule has 390 valence electrons. The molecule has 0 aromatic rings. The van der Waals surface area contributed by atoms with Crippen LogP contribution in [0.4, 0.5) is 0 Å². The zero-order valence-electron chi connectivity index (χ0n) is 44.6. The standard InChI is InChI=1S/C62H106O6/c1-4-7-10-13-16-19-22-25-28-30-31-32-35-37-40-43-46-49-52-55-61(64)67-58-59(57-66-60(63)54-51-48-45-42-39-36-33-27-24-21-18-15-12-9-6-3)68-62(65)56-53-50-47-44-41-38-34-29-26-23-20-17-14-11-8-5-2/h9,12,16,18-19,21,25,27-29,33-34,39,42,59H,4-8,10-11,13-15,17,20,22-24,26,30-32,35-38,40-41,43-58H2,1-3H3/b12-9-,19-16-,21-18-,28-25-,33-27-,34-29-,42-39-. The minimum atomic E-state index is -0.800. The SMILES string of the molecule is CC/C=C\C/C=C\C/C=C\C/C=C\CCCCC(=O)OCC(COC(=O)CCCCCCCCCCC/C=C\C/C=C\CCCCC)OC(=O)CCCCCCC/C=C\CCCCCCCCC. The molecule has 0 aliphatic heterocycles. The van der Waals surface area contributed by atoms with E-state index >= 15 is 0 Å². The van der Waals surface area contributed by atoms with Crippen molar-refractivity contribution in [1.29, 1.82) is 0 Å². The zero-order valence-corrected chi connectivity index (χ0v) is 44.6. The van der Waals surface area contributed by atoms with Crippen LogP contribution in [0, 0.1) is 0 Å². The van der Waals surface area contributed by atoms with E-state index in [9.17, 15) is 14.4 Å². The van der Waals surface area contributed by atoms with Crippen molar-refractivity contribution in [1.82, 2.24) is 0 Å². The molecular formula is C62H106O6. The first-order valence-corrected chi connectivity index (χ1v) is 28.6. The van der Waals surface area contributed by atoms with Crippen molar-refractivity contribution < 1.29 is 28.6 Å². The molecule has 0 amide bonds. The van der Waals surface area contributed by atoms with Gasteiger partial charge >= 0.3 is 17.9 Å². The quantitative estimate of drug-likeness (QED) is 0.0262. The molecule has 0 N–H and O–H groups in total. The number of esters is 3. The van der Waals surface area contributed by atoms with Crippen LogP contribution in [0.1, 0.15) is 271 Å². The Bertz CT molecular complexity index is 1320. The van der Waals surface area contributed by atoms with Crippen molar-refractivity contribution in [3.8, 4) is 0 Å². The molecule has 1 unspecified atom stereocenters. The van der Waals surface area contributed by atoms with Gasteiger partial charge in [0.1, 0.15) is 13.2 Å². The van der Waals surface area contributed by atoms with Gasteiger partial charge in [-0.25, -0.2) is 0 Å². The molecule has 0 rings (SSSR count). The maximum Gasteiger partial charge on any atom is 0.306 e. The zero-order chi connectivity index (χ0) is 49.3. The second-order valence-corrected chi connectivity index (χ2v) is 18.8. The van der Waals surface area contributed by atoms with Gasteiger partial charge in [0.25, 0.3) is 0 Å². The normalized spacial score (nSPS) is 12.7. The molecule has 0 aromatic carbocycles. The highest BCUT2D eigenvalue weighted by Crippen LogP contribution is 2.15. The summed E-state index contributed by atoms with van der Waals surface area (Å²) in [7, 11) is 0. The van der Waals surface area contributed by atoms with E-state index in [1.54, 1.807) is 0 Å². The third-order valence-corrected chi connectivity index (χ3v) is 12.1. The van der Waals surface area contributed by atoms with Crippen molar-refractivity contribution in [2.24, 2.45) is 0 Å². The van der Waals surface area contributed by atoms with Gasteiger partial charge in [0.2, 0.25) is 0 Å². The van der Waals surface area contributed by atoms with E-state index in [1.807, 2.05) is 0 Å². The number of carbonyl (C=O) groups excluding carboxylic acids is 3. The third-order valence-electron chi connectivity index (χ3n) is 12.1. The van der Waals surface area contributed by atoms with Gasteiger partial charge < -0.3 is 14.2 Å². The first-order chi connectivity index (χ1) is 33.5. The van der Waals surface area contributed by atoms with Crippen LogP contribution in [-0.4, -0.2) is 37.2 Å². The van der Waals surface area contributed by atoms with Crippen LogP contribution in [-0.2, 0) is 28.6 Å². The fraction of sp³-hybridized carbons (Fsp3) is 0.726. The van der Waals surface area contributed by atoms with Crippen molar-refractivity contribution in [2.45, 2.75) is 277 Å². The van der Waals surface area contributed by atoms with Crippen LogP contribution in [0.25, 0.3) is 0 Å². The lowest BCUT2D eigenvalue weighted by molar-refractivity contribution is -0.167. The van der Waals surface area contributed by atoms with E-state index in [1.165, 1.54) is 128 Å². The number of hydrogen-bond acceptors (Lipinski definition) is 6. The van der Waals surface area contributed by atoms with Gasteiger partial charge in [-0.2, -0.15) is 0 Å². The maximum absolute atomic E-state index is 12.8. The number of unbranched alkanes of at least 4 members (excludes halogenated alkanes) is 26. The van der Waals surface area contributed by atoms with Crippen molar-refractivity contribution in [3.05, 3.63) is 85.1 Å². The Morgan fingerprint density at radius 2 is 0.574 bits per heavy atom. The smallest absolute Gasteiger partial charge is 0.306 e. The first-order valence-electron chi connectivity index (χ1n) is 28.6. The number of carbonyl (C=O) groups is 3. The predicted molar refractivity (Wildman–Crippen MR) is 293 cm³/mol. The molecule has 0 saturated carbocycles. The van der Waals surface area contributed by atoms with Crippen LogP contribution in [0.5, 0.6) is 0 Å². The van der Waals surface area contributed by atoms with E-state index in [2.05, 4.69) is 106 Å². The van der Waals surface area contributed by atoms with E-state index < -0.39 is 6.10 Å². The van der Waals surface area contributed by atoms with E-state index in [-0.39, 0.29) is 31.1 Å². The van der Waals surface area contributed by atoms with Gasteiger partial charge in [0.15, 0.2) is 6.10 Å². The number of ether oxygens (including phenoxy) is 3. The lowest BCUT2D eigenvalue weighted by Gasteiger charge is -2.18. The van der Waals surface area contributed by atoms with Crippen molar-refractivity contribution in [3.63, 3.8) is 0 Å². The van der Waals surface area contributed by atoms with E-state index in [4.69, 9.17) is 14.2 Å². The summed E-state index contributed by atoms with van der Waals surface area (Å²) >= 11 is 0. The van der Waals surface area contributed by atoms with Gasteiger partial charge in [-0.15, -0.1) is 0 Å². The Hall–Kier alpha value is -3.41. The van der Waals surface area contributed by atoms with E-state index in [0.29, 0.717) is 19.3 Å². The molecule has 0 aliphatic carbocycles.